The molecule has 2 saturated heterocycles. The summed E-state index contributed by atoms with van der Waals surface area (Å²) in [6, 6.07) is 1.54. The van der Waals surface area contributed by atoms with E-state index in [1.165, 1.54) is 32.2 Å². The van der Waals surface area contributed by atoms with E-state index in [0.717, 1.165) is 25.2 Å². The van der Waals surface area contributed by atoms with Crippen molar-refractivity contribution in [1.82, 2.24) is 10.2 Å². The van der Waals surface area contributed by atoms with Crippen LogP contribution in [0, 0.1) is 0 Å². The molecule has 3 heteroatoms. The van der Waals surface area contributed by atoms with Crippen molar-refractivity contribution in [3.63, 3.8) is 0 Å². The molecule has 0 aliphatic carbocycles. The molecule has 0 amide bonds. The van der Waals surface area contributed by atoms with Gasteiger partial charge in [0.25, 0.3) is 0 Å². The Balaban J connectivity index is 1.90. The predicted octanol–water partition coefficient (Wildman–Crippen LogP) is 1.24. The molecule has 2 aliphatic heterocycles. The van der Waals surface area contributed by atoms with Crippen molar-refractivity contribution in [1.29, 1.82) is 0 Å². The quantitative estimate of drug-likeness (QED) is 0.762. The van der Waals surface area contributed by atoms with E-state index in [2.05, 4.69) is 24.2 Å². The van der Waals surface area contributed by atoms with E-state index in [9.17, 15) is 0 Å². The zero-order chi connectivity index (χ0) is 10.7. The number of nitrogens with one attached hydrogen (secondary N) is 1. The van der Waals surface area contributed by atoms with E-state index < -0.39 is 0 Å². The van der Waals surface area contributed by atoms with Gasteiger partial charge in [-0.1, -0.05) is 0 Å². The van der Waals surface area contributed by atoms with E-state index in [1.807, 2.05) is 0 Å². The van der Waals surface area contributed by atoms with E-state index in [-0.39, 0.29) is 0 Å². The highest BCUT2D eigenvalue weighted by molar-refractivity contribution is 4.88. The van der Waals surface area contributed by atoms with Crippen LogP contribution in [-0.2, 0) is 4.74 Å². The normalized spacial score (nSPS) is 38.4. The smallest absolute Gasteiger partial charge is 0.0561 e. The summed E-state index contributed by atoms with van der Waals surface area (Å²) in [5, 5.41) is 3.32. The van der Waals surface area contributed by atoms with Crippen molar-refractivity contribution in [3.8, 4) is 0 Å². The van der Waals surface area contributed by atoms with Crippen LogP contribution in [0.5, 0.6) is 0 Å². The second-order valence-corrected chi connectivity index (χ2v) is 4.95. The van der Waals surface area contributed by atoms with Gasteiger partial charge in [-0.15, -0.1) is 0 Å². The minimum absolute atomic E-state index is 0.458. The van der Waals surface area contributed by atoms with Crippen LogP contribution in [0.15, 0.2) is 0 Å². The van der Waals surface area contributed by atoms with E-state index in [1.54, 1.807) is 0 Å². The van der Waals surface area contributed by atoms with Crippen LogP contribution in [0.1, 0.15) is 32.6 Å². The maximum atomic E-state index is 5.62. The maximum absolute atomic E-state index is 5.62. The first kappa shape index (κ1) is 11.4. The third-order valence-corrected chi connectivity index (χ3v) is 3.79. The number of hydrogen-bond acceptors (Lipinski definition) is 3. The fourth-order valence-electron chi connectivity index (χ4n) is 3.07. The van der Waals surface area contributed by atoms with Crippen molar-refractivity contribution in [3.05, 3.63) is 0 Å². The van der Waals surface area contributed by atoms with Crippen molar-refractivity contribution in [2.24, 2.45) is 0 Å². The highest BCUT2D eigenvalue weighted by Gasteiger charge is 2.32. The van der Waals surface area contributed by atoms with E-state index in [0.29, 0.717) is 6.10 Å². The van der Waals surface area contributed by atoms with Gasteiger partial charge in [0.15, 0.2) is 0 Å². The molecule has 15 heavy (non-hydrogen) atoms. The summed E-state index contributed by atoms with van der Waals surface area (Å²) in [5.41, 5.74) is 0. The molecular formula is C12H24N2O. The van der Waals surface area contributed by atoms with Gasteiger partial charge in [-0.25, -0.2) is 0 Å². The van der Waals surface area contributed by atoms with Gasteiger partial charge in [0, 0.05) is 25.2 Å². The zero-order valence-electron chi connectivity index (χ0n) is 10.0. The highest BCUT2D eigenvalue weighted by atomic mass is 16.5. The number of nitrogens with zero attached hydrogens (tertiary/aromatic N) is 1. The lowest BCUT2D eigenvalue weighted by Crippen LogP contribution is -2.47. The third-order valence-electron chi connectivity index (χ3n) is 3.79. The van der Waals surface area contributed by atoms with Crippen LogP contribution >= 0.6 is 0 Å². The number of likely N-dealkylation sites (tertiary alicyclic amines) is 1. The second-order valence-electron chi connectivity index (χ2n) is 4.95. The minimum Gasteiger partial charge on any atom is -0.378 e. The Kier molecular flexibility index (Phi) is 4.00. The van der Waals surface area contributed by atoms with Crippen LogP contribution < -0.4 is 5.32 Å². The SMILES string of the molecule is CNCC1CCCN1C1CCOC(C)C1. The molecule has 2 heterocycles. The van der Waals surface area contributed by atoms with Crippen LogP contribution in [0.2, 0.25) is 0 Å². The van der Waals surface area contributed by atoms with E-state index in [4.69, 9.17) is 4.74 Å². The Morgan fingerprint density at radius 1 is 1.40 bits per heavy atom. The zero-order valence-corrected chi connectivity index (χ0v) is 10.0. The van der Waals surface area contributed by atoms with Gasteiger partial charge in [-0.3, -0.25) is 4.90 Å². The summed E-state index contributed by atoms with van der Waals surface area (Å²) >= 11 is 0. The van der Waals surface area contributed by atoms with Gasteiger partial charge in [-0.05, 0) is 46.2 Å². The summed E-state index contributed by atoms with van der Waals surface area (Å²) in [4.78, 5) is 2.72. The molecule has 0 saturated carbocycles. The highest BCUT2D eigenvalue weighted by Crippen LogP contribution is 2.26. The average molecular weight is 212 g/mol. The first-order valence-electron chi connectivity index (χ1n) is 6.33. The minimum atomic E-state index is 0.458. The van der Waals surface area contributed by atoms with Gasteiger partial charge in [-0.2, -0.15) is 0 Å². The molecule has 0 radical (unpaired) electrons. The fraction of sp³-hybridized carbons (Fsp3) is 1.00. The van der Waals surface area contributed by atoms with Crippen LogP contribution in [-0.4, -0.2) is 49.8 Å². The first-order valence-corrected chi connectivity index (χ1v) is 6.33. The molecule has 2 fully saturated rings. The molecule has 3 atom stereocenters. The lowest BCUT2D eigenvalue weighted by molar-refractivity contribution is -0.0201. The topological polar surface area (TPSA) is 24.5 Å². The molecule has 2 aliphatic rings. The van der Waals surface area contributed by atoms with Gasteiger partial charge in [0.05, 0.1) is 6.10 Å². The average Bonchev–Trinajstić information content (AvgIpc) is 2.66. The molecular weight excluding hydrogens is 188 g/mol. The lowest BCUT2D eigenvalue weighted by Gasteiger charge is -2.37. The fourth-order valence-corrected chi connectivity index (χ4v) is 3.07. The molecule has 88 valence electrons. The first-order chi connectivity index (χ1) is 7.31. The summed E-state index contributed by atoms with van der Waals surface area (Å²) in [7, 11) is 2.06. The van der Waals surface area contributed by atoms with Crippen molar-refractivity contribution < 1.29 is 4.74 Å². The Morgan fingerprint density at radius 2 is 2.27 bits per heavy atom. The van der Waals surface area contributed by atoms with Gasteiger partial charge >= 0.3 is 0 Å². The van der Waals surface area contributed by atoms with Crippen LogP contribution in [0.25, 0.3) is 0 Å². The van der Waals surface area contributed by atoms with Crippen molar-refractivity contribution in [2.45, 2.75) is 50.8 Å². The van der Waals surface area contributed by atoms with Gasteiger partial charge in [0.1, 0.15) is 0 Å². The van der Waals surface area contributed by atoms with Crippen LogP contribution in [0.3, 0.4) is 0 Å². The summed E-state index contributed by atoms with van der Waals surface area (Å²) < 4.78 is 5.62. The van der Waals surface area contributed by atoms with E-state index >= 15 is 0 Å². The second kappa shape index (κ2) is 5.28. The van der Waals surface area contributed by atoms with Crippen molar-refractivity contribution in [2.75, 3.05) is 26.7 Å². The lowest BCUT2D eigenvalue weighted by atomic mass is 10.0. The largest absolute Gasteiger partial charge is 0.378 e. The molecule has 3 unspecified atom stereocenters. The Morgan fingerprint density at radius 3 is 3.00 bits per heavy atom. The number of ether oxygens (including phenoxy) is 1. The Hall–Kier alpha value is -0.120. The van der Waals surface area contributed by atoms with Crippen LogP contribution in [0.4, 0.5) is 0 Å². The Labute approximate surface area is 93.2 Å². The monoisotopic (exact) mass is 212 g/mol. The Bertz CT molecular complexity index is 198. The summed E-state index contributed by atoms with van der Waals surface area (Å²) in [5.74, 6) is 0. The maximum Gasteiger partial charge on any atom is 0.0561 e. The molecule has 0 spiro atoms. The summed E-state index contributed by atoms with van der Waals surface area (Å²) in [6.45, 7) is 5.60. The van der Waals surface area contributed by atoms with Gasteiger partial charge in [0.2, 0.25) is 0 Å². The molecule has 3 nitrogen and oxygen atoms in total. The summed E-state index contributed by atoms with van der Waals surface area (Å²) in [6.07, 6.45) is 5.65. The van der Waals surface area contributed by atoms with Crippen molar-refractivity contribution >= 4 is 0 Å². The van der Waals surface area contributed by atoms with Gasteiger partial charge < -0.3 is 10.1 Å². The molecule has 0 bridgehead atoms. The molecule has 0 aromatic heterocycles. The third kappa shape index (κ3) is 2.71. The number of rotatable bonds is 3. The standard InChI is InChI=1S/C12H24N2O/c1-10-8-11(5-7-15-10)14-6-3-4-12(14)9-13-2/h10-13H,3-9H2,1-2H3. The molecule has 0 aromatic carbocycles. The molecule has 2 rings (SSSR count). The number of likely N-dealkylation sites (N-methyl/N-ethyl adjacent to an activating group) is 1. The molecule has 0 aromatic rings. The molecule has 1 N–H and O–H groups in total. The number of hydrogen-bond donors (Lipinski definition) is 1. The predicted molar refractivity (Wildman–Crippen MR) is 62.1 cm³/mol.